The van der Waals surface area contributed by atoms with Crippen LogP contribution < -0.4 is 10.1 Å². The van der Waals surface area contributed by atoms with E-state index in [2.05, 4.69) is 82.8 Å². The number of halogens is 1. The Bertz CT molecular complexity index is 820. The van der Waals surface area contributed by atoms with Gasteiger partial charge in [-0.25, -0.2) is 0 Å². The summed E-state index contributed by atoms with van der Waals surface area (Å²) in [5, 5.41) is 3.70. The van der Waals surface area contributed by atoms with Gasteiger partial charge in [0, 0.05) is 12.6 Å². The van der Waals surface area contributed by atoms with E-state index >= 15 is 0 Å². The van der Waals surface area contributed by atoms with Crippen LogP contribution in [0, 0.1) is 0 Å². The molecule has 2 nitrogen and oxygen atoms in total. The van der Waals surface area contributed by atoms with Crippen LogP contribution in [0.4, 0.5) is 0 Å². The van der Waals surface area contributed by atoms with Crippen LogP contribution in [0.3, 0.4) is 0 Å². The summed E-state index contributed by atoms with van der Waals surface area (Å²) >= 11 is 3.65. The zero-order chi connectivity index (χ0) is 18.9. The smallest absolute Gasteiger partial charge is 0.134 e. The molecule has 27 heavy (non-hydrogen) atoms. The molecule has 0 aliphatic heterocycles. The maximum atomic E-state index is 5.94. The molecule has 0 aromatic heterocycles. The third-order valence-corrected chi connectivity index (χ3v) is 5.19. The first-order valence-corrected chi connectivity index (χ1v) is 10.3. The van der Waals surface area contributed by atoms with Gasteiger partial charge in [-0.3, -0.25) is 0 Å². The maximum Gasteiger partial charge on any atom is 0.134 e. The molecule has 0 saturated heterocycles. The Morgan fingerprint density at radius 3 is 2.26 bits per heavy atom. The zero-order valence-corrected chi connectivity index (χ0v) is 17.3. The van der Waals surface area contributed by atoms with Gasteiger partial charge in [-0.05, 0) is 51.2 Å². The lowest BCUT2D eigenvalue weighted by Crippen LogP contribution is -2.20. The Kier molecular flexibility index (Phi) is 7.49. The van der Waals surface area contributed by atoms with E-state index in [9.17, 15) is 0 Å². The van der Waals surface area contributed by atoms with Crippen molar-refractivity contribution in [2.24, 2.45) is 0 Å². The van der Waals surface area contributed by atoms with Gasteiger partial charge in [0.25, 0.3) is 0 Å². The molecule has 0 spiro atoms. The van der Waals surface area contributed by atoms with E-state index in [-0.39, 0.29) is 0 Å². The standard InChI is InChI=1S/C24H26BrNO/c1-2-9-23(21-12-7-4-8-13-21)26-17-20-14-15-24(22(25)16-20)27-18-19-10-5-3-6-11-19/h3-8,10-16,23,26H,2,9,17-18H2,1H3. The summed E-state index contributed by atoms with van der Waals surface area (Å²) in [6.45, 7) is 3.63. The van der Waals surface area contributed by atoms with Gasteiger partial charge in [0.15, 0.2) is 0 Å². The molecule has 0 amide bonds. The van der Waals surface area contributed by atoms with Crippen LogP contribution in [0.15, 0.2) is 83.3 Å². The third-order valence-electron chi connectivity index (χ3n) is 4.57. The first kappa shape index (κ1) is 19.7. The lowest BCUT2D eigenvalue weighted by molar-refractivity contribution is 0.304. The van der Waals surface area contributed by atoms with Crippen LogP contribution >= 0.6 is 15.9 Å². The summed E-state index contributed by atoms with van der Waals surface area (Å²) in [6, 6.07) is 27.6. The molecule has 1 N–H and O–H groups in total. The highest BCUT2D eigenvalue weighted by Gasteiger charge is 2.10. The number of rotatable bonds is 9. The highest BCUT2D eigenvalue weighted by Crippen LogP contribution is 2.27. The lowest BCUT2D eigenvalue weighted by Gasteiger charge is -2.19. The Labute approximate surface area is 170 Å². The minimum absolute atomic E-state index is 0.379. The van der Waals surface area contributed by atoms with E-state index in [1.54, 1.807) is 0 Å². The van der Waals surface area contributed by atoms with E-state index in [4.69, 9.17) is 4.74 Å². The molecule has 140 valence electrons. The molecule has 0 saturated carbocycles. The Balaban J connectivity index is 1.59. The quantitative estimate of drug-likeness (QED) is 0.415. The zero-order valence-electron chi connectivity index (χ0n) is 15.7. The van der Waals surface area contributed by atoms with Crippen molar-refractivity contribution in [2.45, 2.75) is 39.0 Å². The highest BCUT2D eigenvalue weighted by molar-refractivity contribution is 9.10. The molecule has 1 unspecified atom stereocenters. The third kappa shape index (κ3) is 5.95. The average molecular weight is 424 g/mol. The summed E-state index contributed by atoms with van der Waals surface area (Å²) in [5.41, 5.74) is 3.76. The van der Waals surface area contributed by atoms with Crippen molar-refractivity contribution in [3.05, 3.63) is 100 Å². The molecule has 0 bridgehead atoms. The van der Waals surface area contributed by atoms with E-state index < -0.39 is 0 Å². The molecule has 3 aromatic rings. The van der Waals surface area contributed by atoms with Crippen molar-refractivity contribution in [1.29, 1.82) is 0 Å². The first-order valence-electron chi connectivity index (χ1n) is 9.49. The van der Waals surface area contributed by atoms with E-state index in [0.29, 0.717) is 12.6 Å². The highest BCUT2D eigenvalue weighted by atomic mass is 79.9. The molecular weight excluding hydrogens is 398 g/mol. The minimum atomic E-state index is 0.379. The molecule has 1 atom stereocenters. The second-order valence-electron chi connectivity index (χ2n) is 6.67. The van der Waals surface area contributed by atoms with E-state index in [1.165, 1.54) is 16.7 Å². The van der Waals surface area contributed by atoms with Gasteiger partial charge in [0.05, 0.1) is 4.47 Å². The minimum Gasteiger partial charge on any atom is -0.488 e. The van der Waals surface area contributed by atoms with Crippen LogP contribution in [-0.4, -0.2) is 0 Å². The normalized spacial score (nSPS) is 11.9. The molecule has 0 radical (unpaired) electrons. The monoisotopic (exact) mass is 423 g/mol. The van der Waals surface area contributed by atoms with Crippen LogP contribution in [0.1, 0.15) is 42.5 Å². The fraction of sp³-hybridized carbons (Fsp3) is 0.250. The molecule has 0 heterocycles. The van der Waals surface area contributed by atoms with Crippen molar-refractivity contribution < 1.29 is 4.74 Å². The predicted octanol–water partition coefficient (Wildman–Crippen LogP) is 6.66. The van der Waals surface area contributed by atoms with Crippen molar-refractivity contribution in [3.8, 4) is 5.75 Å². The molecule has 3 aromatic carbocycles. The van der Waals surface area contributed by atoms with Gasteiger partial charge in [-0.2, -0.15) is 0 Å². The van der Waals surface area contributed by atoms with Crippen LogP contribution in [0.5, 0.6) is 5.75 Å². The molecule has 3 heteroatoms. The second-order valence-corrected chi connectivity index (χ2v) is 7.53. The number of hydrogen-bond acceptors (Lipinski definition) is 2. The summed E-state index contributed by atoms with van der Waals surface area (Å²) in [4.78, 5) is 0. The molecule has 0 aliphatic carbocycles. The molecular formula is C24H26BrNO. The maximum absolute atomic E-state index is 5.94. The largest absolute Gasteiger partial charge is 0.488 e. The summed E-state index contributed by atoms with van der Waals surface area (Å²) < 4.78 is 6.93. The van der Waals surface area contributed by atoms with Gasteiger partial charge in [-0.15, -0.1) is 0 Å². The van der Waals surface area contributed by atoms with Crippen LogP contribution in [0.25, 0.3) is 0 Å². The summed E-state index contributed by atoms with van der Waals surface area (Å²) in [6.07, 6.45) is 2.28. The van der Waals surface area contributed by atoms with Crippen LogP contribution in [0.2, 0.25) is 0 Å². The number of ether oxygens (including phenoxy) is 1. The van der Waals surface area contributed by atoms with E-state index in [0.717, 1.165) is 29.6 Å². The Morgan fingerprint density at radius 2 is 1.59 bits per heavy atom. The van der Waals surface area contributed by atoms with Crippen LogP contribution in [-0.2, 0) is 13.2 Å². The number of hydrogen-bond donors (Lipinski definition) is 1. The van der Waals surface area contributed by atoms with Gasteiger partial charge in [-0.1, -0.05) is 80.1 Å². The summed E-state index contributed by atoms with van der Waals surface area (Å²) in [5.74, 6) is 0.871. The van der Waals surface area contributed by atoms with E-state index in [1.807, 2.05) is 24.3 Å². The fourth-order valence-electron chi connectivity index (χ4n) is 3.11. The summed E-state index contributed by atoms with van der Waals surface area (Å²) in [7, 11) is 0. The molecule has 0 aliphatic rings. The van der Waals surface area contributed by atoms with Crippen molar-refractivity contribution in [3.63, 3.8) is 0 Å². The SMILES string of the molecule is CCCC(NCc1ccc(OCc2ccccc2)c(Br)c1)c1ccccc1. The van der Waals surface area contributed by atoms with Crippen molar-refractivity contribution >= 4 is 15.9 Å². The number of benzene rings is 3. The Morgan fingerprint density at radius 1 is 0.889 bits per heavy atom. The van der Waals surface area contributed by atoms with Crippen molar-refractivity contribution in [2.75, 3.05) is 0 Å². The van der Waals surface area contributed by atoms with Gasteiger partial charge in [0.2, 0.25) is 0 Å². The average Bonchev–Trinajstić information content (AvgIpc) is 2.72. The molecule has 0 fully saturated rings. The predicted molar refractivity (Wildman–Crippen MR) is 116 cm³/mol. The van der Waals surface area contributed by atoms with Gasteiger partial charge < -0.3 is 10.1 Å². The lowest BCUT2D eigenvalue weighted by atomic mass is 10.0. The van der Waals surface area contributed by atoms with Gasteiger partial charge >= 0.3 is 0 Å². The number of nitrogens with one attached hydrogen (secondary N) is 1. The van der Waals surface area contributed by atoms with Gasteiger partial charge in [0.1, 0.15) is 12.4 Å². The fourth-order valence-corrected chi connectivity index (χ4v) is 3.65. The van der Waals surface area contributed by atoms with Crippen molar-refractivity contribution in [1.82, 2.24) is 5.32 Å². The second kappa shape index (κ2) is 10.3. The molecule has 3 rings (SSSR count). The Hall–Kier alpha value is -2.10. The topological polar surface area (TPSA) is 21.3 Å². The first-order chi connectivity index (χ1) is 13.3.